The third kappa shape index (κ3) is 6.08. The number of unbranched alkanes of at least 4 members (excludes halogenated alkanes) is 1. The molecule has 2 aromatic carbocycles. The van der Waals surface area contributed by atoms with Crippen LogP contribution in [0.2, 0.25) is 0 Å². The SMILES string of the molecule is CCCCOc1ccc(C(O)C(C[NH+]2CCCCCC2)c2ccccc2)cc1. The second-order valence-electron chi connectivity index (χ2n) is 8.10. The van der Waals surface area contributed by atoms with Crippen LogP contribution < -0.4 is 9.64 Å². The standard InChI is InChI=1S/C25H35NO2/c1-2-3-19-28-23-15-13-22(14-16-23)25(27)24(21-11-7-6-8-12-21)20-26-17-9-4-5-10-18-26/h6-8,11-16,24-25,27H,2-5,9-10,17-20H2,1H3/p+1. The van der Waals surface area contributed by atoms with Gasteiger partial charge >= 0.3 is 0 Å². The fraction of sp³-hybridized carbons (Fsp3) is 0.520. The van der Waals surface area contributed by atoms with Crippen LogP contribution in [-0.2, 0) is 0 Å². The Hall–Kier alpha value is -1.84. The van der Waals surface area contributed by atoms with Crippen molar-refractivity contribution in [3.05, 3.63) is 65.7 Å². The van der Waals surface area contributed by atoms with Crippen molar-refractivity contribution in [1.29, 1.82) is 0 Å². The molecule has 1 fully saturated rings. The van der Waals surface area contributed by atoms with Crippen molar-refractivity contribution >= 4 is 0 Å². The van der Waals surface area contributed by atoms with Gasteiger partial charge in [0.1, 0.15) is 5.75 Å². The molecule has 0 bridgehead atoms. The molecule has 2 unspecified atom stereocenters. The Kier molecular flexibility index (Phi) is 8.38. The van der Waals surface area contributed by atoms with Crippen molar-refractivity contribution in [2.75, 3.05) is 26.2 Å². The highest BCUT2D eigenvalue weighted by atomic mass is 16.5. The molecule has 3 nitrogen and oxygen atoms in total. The van der Waals surface area contributed by atoms with Crippen molar-refractivity contribution in [3.8, 4) is 5.75 Å². The minimum Gasteiger partial charge on any atom is -0.494 e. The van der Waals surface area contributed by atoms with E-state index in [-0.39, 0.29) is 5.92 Å². The summed E-state index contributed by atoms with van der Waals surface area (Å²) in [6, 6.07) is 18.6. The van der Waals surface area contributed by atoms with Crippen LogP contribution in [0.1, 0.15) is 68.6 Å². The lowest BCUT2D eigenvalue weighted by Gasteiger charge is -2.28. The zero-order valence-corrected chi connectivity index (χ0v) is 17.3. The minimum atomic E-state index is -0.497. The van der Waals surface area contributed by atoms with E-state index in [9.17, 15) is 5.11 Å². The van der Waals surface area contributed by atoms with Crippen molar-refractivity contribution < 1.29 is 14.7 Å². The van der Waals surface area contributed by atoms with Gasteiger partial charge in [-0.3, -0.25) is 0 Å². The number of aliphatic hydroxyl groups excluding tert-OH is 1. The summed E-state index contributed by atoms with van der Waals surface area (Å²) < 4.78 is 5.78. The average Bonchev–Trinajstić information content (AvgIpc) is 3.02. The summed E-state index contributed by atoms with van der Waals surface area (Å²) in [5.41, 5.74) is 2.21. The van der Waals surface area contributed by atoms with Gasteiger partial charge in [-0.1, -0.05) is 55.8 Å². The van der Waals surface area contributed by atoms with Crippen molar-refractivity contribution in [2.24, 2.45) is 0 Å². The van der Waals surface area contributed by atoms with E-state index in [0.717, 1.165) is 37.3 Å². The van der Waals surface area contributed by atoms with Crippen LogP contribution in [0.15, 0.2) is 54.6 Å². The third-order valence-electron chi connectivity index (χ3n) is 5.92. The molecule has 2 aromatic rings. The lowest BCUT2D eigenvalue weighted by Crippen LogP contribution is -3.12. The number of likely N-dealkylation sites (tertiary alicyclic amines) is 1. The molecule has 3 rings (SSSR count). The Balaban J connectivity index is 1.73. The van der Waals surface area contributed by atoms with Gasteiger partial charge < -0.3 is 14.7 Å². The van der Waals surface area contributed by atoms with Gasteiger partial charge in [-0.15, -0.1) is 0 Å². The Morgan fingerprint density at radius 3 is 2.21 bits per heavy atom. The number of hydrogen-bond donors (Lipinski definition) is 2. The maximum atomic E-state index is 11.3. The van der Waals surface area contributed by atoms with Crippen LogP contribution in [-0.4, -0.2) is 31.3 Å². The number of rotatable bonds is 9. The van der Waals surface area contributed by atoms with E-state index in [0.29, 0.717) is 0 Å². The summed E-state index contributed by atoms with van der Waals surface area (Å²) in [6.07, 6.45) is 7.01. The lowest BCUT2D eigenvalue weighted by molar-refractivity contribution is -0.901. The minimum absolute atomic E-state index is 0.112. The Bertz CT molecular complexity index is 663. The predicted octanol–water partition coefficient (Wildman–Crippen LogP) is 4.14. The van der Waals surface area contributed by atoms with Crippen LogP contribution in [0.4, 0.5) is 0 Å². The zero-order valence-electron chi connectivity index (χ0n) is 17.3. The number of aliphatic hydroxyl groups is 1. The first-order valence-corrected chi connectivity index (χ1v) is 11.1. The average molecular weight is 383 g/mol. The molecule has 1 aliphatic heterocycles. The van der Waals surface area contributed by atoms with Crippen LogP contribution in [0, 0.1) is 0 Å². The van der Waals surface area contributed by atoms with Gasteiger partial charge in [0, 0.05) is 0 Å². The number of benzene rings is 2. The van der Waals surface area contributed by atoms with E-state index in [4.69, 9.17) is 4.74 Å². The summed E-state index contributed by atoms with van der Waals surface area (Å²) in [5.74, 6) is 1.000. The molecular formula is C25H36NO2+. The van der Waals surface area contributed by atoms with Crippen molar-refractivity contribution in [2.45, 2.75) is 57.5 Å². The highest BCUT2D eigenvalue weighted by Gasteiger charge is 2.28. The lowest BCUT2D eigenvalue weighted by atomic mass is 9.88. The summed E-state index contributed by atoms with van der Waals surface area (Å²) in [7, 11) is 0. The highest BCUT2D eigenvalue weighted by molar-refractivity contribution is 5.31. The molecular weight excluding hydrogens is 346 g/mol. The molecule has 3 heteroatoms. The van der Waals surface area contributed by atoms with Crippen LogP contribution in [0.3, 0.4) is 0 Å². The molecule has 0 spiro atoms. The van der Waals surface area contributed by atoms with Gasteiger partial charge in [-0.25, -0.2) is 0 Å². The molecule has 1 heterocycles. The molecule has 0 aromatic heterocycles. The molecule has 28 heavy (non-hydrogen) atoms. The molecule has 1 saturated heterocycles. The molecule has 2 atom stereocenters. The van der Waals surface area contributed by atoms with Gasteiger partial charge in [0.15, 0.2) is 0 Å². The van der Waals surface area contributed by atoms with E-state index in [1.165, 1.54) is 44.3 Å². The Morgan fingerprint density at radius 1 is 0.893 bits per heavy atom. The first-order valence-electron chi connectivity index (χ1n) is 11.1. The normalized spacial score (nSPS) is 17.6. The first-order chi connectivity index (χ1) is 13.8. The first kappa shape index (κ1) is 20.9. The second kappa shape index (κ2) is 11.2. The maximum Gasteiger partial charge on any atom is 0.119 e. The summed E-state index contributed by atoms with van der Waals surface area (Å²) in [6.45, 7) is 6.35. The highest BCUT2D eigenvalue weighted by Crippen LogP contribution is 2.31. The van der Waals surface area contributed by atoms with E-state index >= 15 is 0 Å². The summed E-state index contributed by atoms with van der Waals surface area (Å²) >= 11 is 0. The second-order valence-corrected chi connectivity index (χ2v) is 8.10. The summed E-state index contributed by atoms with van der Waals surface area (Å²) in [4.78, 5) is 1.63. The Labute approximate surface area is 170 Å². The van der Waals surface area contributed by atoms with Crippen molar-refractivity contribution in [1.82, 2.24) is 0 Å². The molecule has 0 saturated carbocycles. The number of quaternary nitrogens is 1. The molecule has 152 valence electrons. The zero-order chi connectivity index (χ0) is 19.6. The molecule has 0 amide bonds. The topological polar surface area (TPSA) is 33.9 Å². The van der Waals surface area contributed by atoms with E-state index in [2.05, 4.69) is 31.2 Å². The molecule has 2 N–H and O–H groups in total. The summed E-state index contributed by atoms with van der Waals surface area (Å²) in [5, 5.41) is 11.3. The van der Waals surface area contributed by atoms with Gasteiger partial charge in [-0.05, 0) is 55.4 Å². The van der Waals surface area contributed by atoms with Gasteiger partial charge in [0.25, 0.3) is 0 Å². The van der Waals surface area contributed by atoms with E-state index in [1.807, 2.05) is 30.3 Å². The van der Waals surface area contributed by atoms with Crippen LogP contribution in [0.5, 0.6) is 5.75 Å². The molecule has 0 aliphatic carbocycles. The van der Waals surface area contributed by atoms with Gasteiger partial charge in [0.05, 0.1) is 38.3 Å². The fourth-order valence-corrected chi connectivity index (χ4v) is 4.18. The van der Waals surface area contributed by atoms with Crippen molar-refractivity contribution in [3.63, 3.8) is 0 Å². The maximum absolute atomic E-state index is 11.3. The third-order valence-corrected chi connectivity index (χ3v) is 5.92. The smallest absolute Gasteiger partial charge is 0.119 e. The van der Waals surface area contributed by atoms with Crippen LogP contribution in [0.25, 0.3) is 0 Å². The Morgan fingerprint density at radius 2 is 1.57 bits per heavy atom. The van der Waals surface area contributed by atoms with E-state index in [1.54, 1.807) is 4.90 Å². The monoisotopic (exact) mass is 382 g/mol. The number of hydrogen-bond acceptors (Lipinski definition) is 2. The van der Waals surface area contributed by atoms with E-state index < -0.39 is 6.10 Å². The van der Waals surface area contributed by atoms with Gasteiger partial charge in [-0.2, -0.15) is 0 Å². The largest absolute Gasteiger partial charge is 0.494 e. The van der Waals surface area contributed by atoms with Gasteiger partial charge in [0.2, 0.25) is 0 Å². The quantitative estimate of drug-likeness (QED) is 0.639. The fourth-order valence-electron chi connectivity index (χ4n) is 4.18. The van der Waals surface area contributed by atoms with Crippen LogP contribution >= 0.6 is 0 Å². The molecule has 1 aliphatic rings. The number of ether oxygens (including phenoxy) is 1. The number of nitrogens with one attached hydrogen (secondary N) is 1. The predicted molar refractivity (Wildman–Crippen MR) is 115 cm³/mol. The molecule has 0 radical (unpaired) electrons.